The zero-order valence-electron chi connectivity index (χ0n) is 15.2. The number of amidine groups is 1. The molecule has 2 atom stereocenters. The number of hydrogen-bond donors (Lipinski definition) is 2. The summed E-state index contributed by atoms with van der Waals surface area (Å²) in [6.45, 7) is 2.35. The Morgan fingerprint density at radius 1 is 1.35 bits per heavy atom. The van der Waals surface area contributed by atoms with E-state index in [2.05, 4.69) is 15.6 Å². The van der Waals surface area contributed by atoms with Gasteiger partial charge in [-0.25, -0.2) is 0 Å². The van der Waals surface area contributed by atoms with Gasteiger partial charge in [0.1, 0.15) is 16.7 Å². The number of thioether (sulfide) groups is 1. The standard InChI is InChI=1S/C17H23N3O5S/c1-10(9-23-2)18-17-20-16(22)14(26-17)8-15(21)19-12-6-5-11(24-3)7-13(12)25-4/h5-7,10,14H,8-9H2,1-4H3,(H,19,21)(H,18,20,22)/t10-,14-/m0/s1. The van der Waals surface area contributed by atoms with Gasteiger partial charge in [0, 0.05) is 19.6 Å². The first-order valence-electron chi connectivity index (χ1n) is 8.03. The molecule has 0 bridgehead atoms. The molecule has 1 heterocycles. The van der Waals surface area contributed by atoms with Crippen LogP contribution < -0.4 is 20.1 Å². The van der Waals surface area contributed by atoms with Crippen LogP contribution in [-0.4, -0.2) is 56.2 Å². The summed E-state index contributed by atoms with van der Waals surface area (Å²) in [6.07, 6.45) is 0.0311. The predicted molar refractivity (Wildman–Crippen MR) is 101 cm³/mol. The molecule has 0 unspecified atom stereocenters. The molecule has 0 saturated carbocycles. The van der Waals surface area contributed by atoms with E-state index in [1.807, 2.05) is 6.92 Å². The molecule has 2 N–H and O–H groups in total. The van der Waals surface area contributed by atoms with E-state index in [4.69, 9.17) is 14.2 Å². The van der Waals surface area contributed by atoms with E-state index in [1.165, 1.54) is 18.9 Å². The minimum absolute atomic E-state index is 0.0311. The van der Waals surface area contributed by atoms with Gasteiger partial charge in [0.05, 0.1) is 32.6 Å². The van der Waals surface area contributed by atoms with Crippen molar-refractivity contribution in [3.05, 3.63) is 18.2 Å². The van der Waals surface area contributed by atoms with Crippen LogP contribution in [0.2, 0.25) is 0 Å². The second-order valence-corrected chi connectivity index (χ2v) is 6.84. The van der Waals surface area contributed by atoms with Gasteiger partial charge in [-0.2, -0.15) is 0 Å². The lowest BCUT2D eigenvalue weighted by Crippen LogP contribution is -2.28. The fraction of sp³-hybridized carbons (Fsp3) is 0.471. The lowest BCUT2D eigenvalue weighted by molar-refractivity contribution is -0.122. The lowest BCUT2D eigenvalue weighted by atomic mass is 10.2. The molecule has 0 aromatic heterocycles. The Kier molecular flexibility index (Phi) is 7.28. The summed E-state index contributed by atoms with van der Waals surface area (Å²) in [7, 11) is 4.65. The first-order valence-corrected chi connectivity index (χ1v) is 8.91. The number of nitrogens with one attached hydrogen (secondary N) is 2. The Labute approximate surface area is 156 Å². The Hall–Kier alpha value is -2.26. The van der Waals surface area contributed by atoms with Crippen LogP contribution in [0.3, 0.4) is 0 Å². The zero-order valence-corrected chi connectivity index (χ0v) is 16.0. The summed E-state index contributed by atoms with van der Waals surface area (Å²) < 4.78 is 15.4. The second kappa shape index (κ2) is 9.44. The van der Waals surface area contributed by atoms with Crippen molar-refractivity contribution >= 4 is 34.4 Å². The molecular weight excluding hydrogens is 358 g/mol. The molecule has 1 aromatic carbocycles. The largest absolute Gasteiger partial charge is 0.497 e. The Bertz CT molecular complexity index is 695. The number of amides is 2. The number of methoxy groups -OCH3 is 3. The van der Waals surface area contributed by atoms with Crippen LogP contribution in [-0.2, 0) is 14.3 Å². The first kappa shape index (κ1) is 20.1. The highest BCUT2D eigenvalue weighted by molar-refractivity contribution is 8.15. The monoisotopic (exact) mass is 381 g/mol. The molecule has 1 aliphatic heterocycles. The van der Waals surface area contributed by atoms with Gasteiger partial charge in [-0.1, -0.05) is 11.8 Å². The Morgan fingerprint density at radius 3 is 2.77 bits per heavy atom. The van der Waals surface area contributed by atoms with Gasteiger partial charge in [0.25, 0.3) is 0 Å². The van der Waals surface area contributed by atoms with Crippen molar-refractivity contribution in [2.75, 3.05) is 33.3 Å². The fourth-order valence-electron chi connectivity index (χ4n) is 2.35. The maximum atomic E-state index is 12.3. The highest BCUT2D eigenvalue weighted by atomic mass is 32.2. The van der Waals surface area contributed by atoms with Crippen LogP contribution >= 0.6 is 11.8 Å². The first-order chi connectivity index (χ1) is 12.5. The molecule has 2 rings (SSSR count). The van der Waals surface area contributed by atoms with Crippen LogP contribution in [0, 0.1) is 0 Å². The molecule has 9 heteroatoms. The summed E-state index contributed by atoms with van der Waals surface area (Å²) in [5, 5.41) is 5.45. The molecule has 1 aromatic rings. The summed E-state index contributed by atoms with van der Waals surface area (Å²) in [5.41, 5.74) is 0.518. The summed E-state index contributed by atoms with van der Waals surface area (Å²) in [4.78, 5) is 28.7. The lowest BCUT2D eigenvalue weighted by Gasteiger charge is -2.12. The molecule has 0 radical (unpaired) electrons. The van der Waals surface area contributed by atoms with Crippen LogP contribution in [0.4, 0.5) is 5.69 Å². The number of carbonyl (C=O) groups is 2. The number of rotatable bonds is 8. The predicted octanol–water partition coefficient (Wildman–Crippen LogP) is 1.65. The molecule has 0 aliphatic carbocycles. The molecular formula is C17H23N3O5S. The van der Waals surface area contributed by atoms with Crippen molar-refractivity contribution in [3.63, 3.8) is 0 Å². The summed E-state index contributed by atoms with van der Waals surface area (Å²) >= 11 is 1.25. The van der Waals surface area contributed by atoms with E-state index in [0.29, 0.717) is 29.0 Å². The van der Waals surface area contributed by atoms with Crippen molar-refractivity contribution in [2.24, 2.45) is 4.99 Å². The Balaban J connectivity index is 1.97. The number of anilines is 1. The van der Waals surface area contributed by atoms with Crippen molar-refractivity contribution in [1.82, 2.24) is 5.32 Å². The average molecular weight is 381 g/mol. The highest BCUT2D eigenvalue weighted by Crippen LogP contribution is 2.30. The summed E-state index contributed by atoms with van der Waals surface area (Å²) in [6, 6.07) is 5.02. The van der Waals surface area contributed by atoms with E-state index in [-0.39, 0.29) is 24.3 Å². The van der Waals surface area contributed by atoms with Gasteiger partial charge in [0.2, 0.25) is 11.8 Å². The van der Waals surface area contributed by atoms with E-state index >= 15 is 0 Å². The quantitative estimate of drug-likeness (QED) is 0.711. The smallest absolute Gasteiger partial charge is 0.240 e. The van der Waals surface area contributed by atoms with Gasteiger partial charge in [-0.05, 0) is 19.1 Å². The van der Waals surface area contributed by atoms with Crippen molar-refractivity contribution < 1.29 is 23.8 Å². The van der Waals surface area contributed by atoms with Crippen molar-refractivity contribution in [3.8, 4) is 11.5 Å². The third-order valence-corrected chi connectivity index (χ3v) is 4.67. The van der Waals surface area contributed by atoms with Crippen molar-refractivity contribution in [1.29, 1.82) is 0 Å². The van der Waals surface area contributed by atoms with Crippen LogP contribution in [0.15, 0.2) is 23.2 Å². The average Bonchev–Trinajstić information content (AvgIpc) is 2.94. The molecule has 1 saturated heterocycles. The minimum Gasteiger partial charge on any atom is -0.497 e. The molecule has 2 amide bonds. The number of aliphatic imine (C=N–C) groups is 1. The fourth-order valence-corrected chi connectivity index (χ4v) is 3.42. The normalized spacial score (nSPS) is 19.2. The topological polar surface area (TPSA) is 98.2 Å². The second-order valence-electron chi connectivity index (χ2n) is 5.65. The SMILES string of the molecule is COC[C@H](C)N=C1NC(=O)[C@H](CC(=O)Nc2ccc(OC)cc2OC)S1. The molecule has 142 valence electrons. The highest BCUT2D eigenvalue weighted by Gasteiger charge is 2.32. The van der Waals surface area contributed by atoms with Gasteiger partial charge in [-0.3, -0.25) is 14.6 Å². The van der Waals surface area contributed by atoms with Gasteiger partial charge in [-0.15, -0.1) is 0 Å². The number of ether oxygens (including phenoxy) is 3. The summed E-state index contributed by atoms with van der Waals surface area (Å²) in [5.74, 6) is 0.594. The number of nitrogens with zero attached hydrogens (tertiary/aromatic N) is 1. The maximum absolute atomic E-state index is 12.3. The van der Waals surface area contributed by atoms with Crippen LogP contribution in [0.1, 0.15) is 13.3 Å². The van der Waals surface area contributed by atoms with Crippen molar-refractivity contribution in [2.45, 2.75) is 24.6 Å². The van der Waals surface area contributed by atoms with E-state index < -0.39 is 5.25 Å². The molecule has 26 heavy (non-hydrogen) atoms. The number of carbonyl (C=O) groups excluding carboxylic acids is 2. The van der Waals surface area contributed by atoms with Gasteiger partial charge in [0.15, 0.2) is 5.17 Å². The van der Waals surface area contributed by atoms with Gasteiger partial charge < -0.3 is 24.8 Å². The molecule has 1 aliphatic rings. The molecule has 8 nitrogen and oxygen atoms in total. The maximum Gasteiger partial charge on any atom is 0.240 e. The number of benzene rings is 1. The van der Waals surface area contributed by atoms with E-state index in [0.717, 1.165) is 0 Å². The van der Waals surface area contributed by atoms with E-state index in [9.17, 15) is 9.59 Å². The van der Waals surface area contributed by atoms with Gasteiger partial charge >= 0.3 is 0 Å². The molecule has 0 spiro atoms. The van der Waals surface area contributed by atoms with Crippen LogP contribution in [0.5, 0.6) is 11.5 Å². The third kappa shape index (κ3) is 5.37. The van der Waals surface area contributed by atoms with Crippen LogP contribution in [0.25, 0.3) is 0 Å². The zero-order chi connectivity index (χ0) is 19.1. The Morgan fingerprint density at radius 2 is 2.12 bits per heavy atom. The minimum atomic E-state index is -0.521. The van der Waals surface area contributed by atoms with E-state index in [1.54, 1.807) is 32.4 Å². The number of hydrogen-bond acceptors (Lipinski definition) is 7. The molecule has 1 fully saturated rings. The third-order valence-electron chi connectivity index (χ3n) is 3.58.